The van der Waals surface area contributed by atoms with Crippen LogP contribution < -0.4 is 10.2 Å². The number of hydrogen-bond acceptors (Lipinski definition) is 4. The Bertz CT molecular complexity index is 309. The van der Waals surface area contributed by atoms with Crippen molar-refractivity contribution in [3.8, 4) is 0 Å². The molecule has 1 N–H and O–H groups in total. The molecule has 0 radical (unpaired) electrons. The molecule has 0 aliphatic carbocycles. The van der Waals surface area contributed by atoms with Crippen molar-refractivity contribution in [2.45, 2.75) is 40.3 Å². The van der Waals surface area contributed by atoms with E-state index < -0.39 is 0 Å². The summed E-state index contributed by atoms with van der Waals surface area (Å²) in [5, 5.41) is 4.44. The van der Waals surface area contributed by atoms with Crippen LogP contribution in [0.4, 0.5) is 5.13 Å². The Labute approximate surface area is 103 Å². The Morgan fingerprint density at radius 1 is 1.44 bits per heavy atom. The van der Waals surface area contributed by atoms with Gasteiger partial charge in [-0.15, -0.1) is 11.3 Å². The minimum atomic E-state index is 0.526. The van der Waals surface area contributed by atoms with Gasteiger partial charge < -0.3 is 10.2 Å². The SMILES string of the molecule is CCNCc1cnc(N(C)C(C)C(C)C)s1. The van der Waals surface area contributed by atoms with Gasteiger partial charge in [-0.2, -0.15) is 0 Å². The van der Waals surface area contributed by atoms with E-state index in [0.29, 0.717) is 12.0 Å². The first kappa shape index (κ1) is 13.5. The van der Waals surface area contributed by atoms with E-state index >= 15 is 0 Å². The fourth-order valence-corrected chi connectivity index (χ4v) is 2.34. The Morgan fingerprint density at radius 2 is 2.12 bits per heavy atom. The molecule has 0 amide bonds. The topological polar surface area (TPSA) is 28.2 Å². The summed E-state index contributed by atoms with van der Waals surface area (Å²) in [4.78, 5) is 8.05. The molecule has 92 valence electrons. The summed E-state index contributed by atoms with van der Waals surface area (Å²) in [6.07, 6.45) is 1.98. The average Bonchev–Trinajstić information content (AvgIpc) is 2.72. The standard InChI is InChI=1S/C12H23N3S/c1-6-13-7-11-8-14-12(16-11)15(5)10(4)9(2)3/h8-10,13H,6-7H2,1-5H3. The summed E-state index contributed by atoms with van der Waals surface area (Å²) in [5.74, 6) is 0.645. The van der Waals surface area contributed by atoms with Crippen LogP contribution in [0, 0.1) is 5.92 Å². The molecule has 0 aliphatic rings. The fourth-order valence-electron chi connectivity index (χ4n) is 1.41. The summed E-state index contributed by atoms with van der Waals surface area (Å²) >= 11 is 1.78. The molecule has 0 bridgehead atoms. The molecule has 0 saturated carbocycles. The van der Waals surface area contributed by atoms with Crippen LogP contribution >= 0.6 is 11.3 Å². The molecular formula is C12H23N3S. The fraction of sp³-hybridized carbons (Fsp3) is 0.750. The molecule has 1 atom stereocenters. The van der Waals surface area contributed by atoms with Crippen LogP contribution in [0.1, 0.15) is 32.6 Å². The van der Waals surface area contributed by atoms with Crippen molar-refractivity contribution < 1.29 is 0 Å². The Balaban J connectivity index is 2.62. The molecular weight excluding hydrogens is 218 g/mol. The van der Waals surface area contributed by atoms with Crippen molar-refractivity contribution in [3.63, 3.8) is 0 Å². The molecule has 1 aromatic rings. The largest absolute Gasteiger partial charge is 0.348 e. The zero-order valence-corrected chi connectivity index (χ0v) is 11.8. The second-order valence-corrected chi connectivity index (χ2v) is 5.58. The van der Waals surface area contributed by atoms with Crippen LogP contribution in [0.2, 0.25) is 0 Å². The molecule has 0 fully saturated rings. The second kappa shape index (κ2) is 6.21. The van der Waals surface area contributed by atoms with Crippen molar-refractivity contribution >= 4 is 16.5 Å². The van der Waals surface area contributed by atoms with Crippen molar-refractivity contribution in [2.75, 3.05) is 18.5 Å². The first-order valence-corrected chi connectivity index (χ1v) is 6.76. The van der Waals surface area contributed by atoms with Crippen molar-refractivity contribution in [3.05, 3.63) is 11.1 Å². The zero-order valence-electron chi connectivity index (χ0n) is 10.9. The molecule has 0 aromatic carbocycles. The molecule has 1 rings (SSSR count). The second-order valence-electron chi connectivity index (χ2n) is 4.49. The summed E-state index contributed by atoms with van der Waals surface area (Å²) in [7, 11) is 2.13. The Hall–Kier alpha value is -0.610. The van der Waals surface area contributed by atoms with Crippen LogP contribution in [-0.2, 0) is 6.54 Å². The third-order valence-corrected chi connectivity index (χ3v) is 4.06. The highest BCUT2D eigenvalue weighted by molar-refractivity contribution is 7.15. The van der Waals surface area contributed by atoms with Gasteiger partial charge in [0, 0.05) is 30.7 Å². The third kappa shape index (κ3) is 3.46. The lowest BCUT2D eigenvalue weighted by atomic mass is 10.1. The van der Waals surface area contributed by atoms with Crippen LogP contribution in [-0.4, -0.2) is 24.6 Å². The molecule has 1 aromatic heterocycles. The summed E-state index contributed by atoms with van der Waals surface area (Å²) in [6, 6.07) is 0.526. The predicted octanol–water partition coefficient (Wildman–Crippen LogP) is 2.73. The number of aromatic nitrogens is 1. The minimum Gasteiger partial charge on any atom is -0.348 e. The maximum atomic E-state index is 4.48. The van der Waals surface area contributed by atoms with E-state index in [-0.39, 0.29) is 0 Å². The first-order valence-electron chi connectivity index (χ1n) is 5.94. The monoisotopic (exact) mass is 241 g/mol. The Morgan fingerprint density at radius 3 is 2.69 bits per heavy atom. The molecule has 0 spiro atoms. The van der Waals surface area contributed by atoms with E-state index in [0.717, 1.165) is 18.2 Å². The van der Waals surface area contributed by atoms with Gasteiger partial charge in [0.1, 0.15) is 0 Å². The van der Waals surface area contributed by atoms with E-state index in [2.05, 4.69) is 49.9 Å². The third-order valence-electron chi connectivity index (χ3n) is 2.97. The van der Waals surface area contributed by atoms with Crippen LogP contribution in [0.3, 0.4) is 0 Å². The molecule has 0 aliphatic heterocycles. The number of rotatable bonds is 6. The minimum absolute atomic E-state index is 0.526. The molecule has 1 heterocycles. The molecule has 0 saturated heterocycles. The number of nitrogens with one attached hydrogen (secondary N) is 1. The van der Waals surface area contributed by atoms with Crippen LogP contribution in [0.5, 0.6) is 0 Å². The molecule has 3 nitrogen and oxygen atoms in total. The Kier molecular flexibility index (Phi) is 5.22. The number of nitrogens with zero attached hydrogens (tertiary/aromatic N) is 2. The van der Waals surface area contributed by atoms with Gasteiger partial charge in [-0.1, -0.05) is 20.8 Å². The summed E-state index contributed by atoms with van der Waals surface area (Å²) in [6.45, 7) is 10.8. The normalized spacial score (nSPS) is 13.1. The molecule has 4 heteroatoms. The summed E-state index contributed by atoms with van der Waals surface area (Å²) in [5.41, 5.74) is 0. The van der Waals surface area contributed by atoms with Gasteiger partial charge in [0.15, 0.2) is 5.13 Å². The van der Waals surface area contributed by atoms with Crippen molar-refractivity contribution in [1.29, 1.82) is 0 Å². The highest BCUT2D eigenvalue weighted by Gasteiger charge is 2.16. The zero-order chi connectivity index (χ0) is 12.1. The van der Waals surface area contributed by atoms with Crippen LogP contribution in [0.25, 0.3) is 0 Å². The van der Waals surface area contributed by atoms with E-state index in [1.807, 2.05) is 6.20 Å². The first-order chi connectivity index (χ1) is 7.56. The highest BCUT2D eigenvalue weighted by atomic mass is 32.1. The lowest BCUT2D eigenvalue weighted by molar-refractivity contribution is 0.505. The molecule has 16 heavy (non-hydrogen) atoms. The quantitative estimate of drug-likeness (QED) is 0.830. The maximum absolute atomic E-state index is 4.48. The molecule has 1 unspecified atom stereocenters. The van der Waals surface area contributed by atoms with Gasteiger partial charge in [-0.05, 0) is 19.4 Å². The van der Waals surface area contributed by atoms with Crippen LogP contribution in [0.15, 0.2) is 6.20 Å². The smallest absolute Gasteiger partial charge is 0.185 e. The average molecular weight is 241 g/mol. The lowest BCUT2D eigenvalue weighted by Gasteiger charge is -2.27. The highest BCUT2D eigenvalue weighted by Crippen LogP contribution is 2.24. The van der Waals surface area contributed by atoms with Gasteiger partial charge in [0.25, 0.3) is 0 Å². The number of thiazole rings is 1. The number of anilines is 1. The van der Waals surface area contributed by atoms with Crippen molar-refractivity contribution in [1.82, 2.24) is 10.3 Å². The van der Waals surface area contributed by atoms with E-state index in [1.165, 1.54) is 4.88 Å². The maximum Gasteiger partial charge on any atom is 0.185 e. The van der Waals surface area contributed by atoms with Crippen molar-refractivity contribution in [2.24, 2.45) is 5.92 Å². The lowest BCUT2D eigenvalue weighted by Crippen LogP contribution is -2.32. The van der Waals surface area contributed by atoms with E-state index in [4.69, 9.17) is 0 Å². The van der Waals surface area contributed by atoms with Gasteiger partial charge in [-0.3, -0.25) is 0 Å². The van der Waals surface area contributed by atoms with Gasteiger partial charge in [0.2, 0.25) is 0 Å². The van der Waals surface area contributed by atoms with Gasteiger partial charge in [0.05, 0.1) is 0 Å². The number of hydrogen-bond donors (Lipinski definition) is 1. The van der Waals surface area contributed by atoms with E-state index in [9.17, 15) is 0 Å². The van der Waals surface area contributed by atoms with Gasteiger partial charge >= 0.3 is 0 Å². The summed E-state index contributed by atoms with van der Waals surface area (Å²) < 4.78 is 0. The predicted molar refractivity (Wildman–Crippen MR) is 72.2 cm³/mol. The van der Waals surface area contributed by atoms with Gasteiger partial charge in [-0.25, -0.2) is 4.98 Å². The van der Waals surface area contributed by atoms with E-state index in [1.54, 1.807) is 11.3 Å².